The first-order valence-electron chi connectivity index (χ1n) is 9.40. The topological polar surface area (TPSA) is 106 Å². The van der Waals surface area contributed by atoms with Crippen molar-refractivity contribution >= 4 is 23.4 Å². The van der Waals surface area contributed by atoms with Crippen molar-refractivity contribution in [1.82, 2.24) is 15.0 Å². The van der Waals surface area contributed by atoms with Gasteiger partial charge in [0.1, 0.15) is 5.82 Å². The molecule has 4 rings (SSSR count). The fraction of sp³-hybridized carbons (Fsp3) is 0.238. The van der Waals surface area contributed by atoms with Crippen molar-refractivity contribution in [3.05, 3.63) is 48.7 Å². The summed E-state index contributed by atoms with van der Waals surface area (Å²) in [5, 5.41) is 2.81. The smallest absolute Gasteiger partial charge is 0.226 e. The second-order valence-electron chi connectivity index (χ2n) is 6.77. The van der Waals surface area contributed by atoms with Crippen LogP contribution in [0.5, 0.6) is 0 Å². The Morgan fingerprint density at radius 3 is 2.52 bits per heavy atom. The highest BCUT2D eigenvalue weighted by Gasteiger charge is 2.17. The van der Waals surface area contributed by atoms with Crippen LogP contribution in [0.25, 0.3) is 22.5 Å². The van der Waals surface area contributed by atoms with E-state index < -0.39 is 0 Å². The molecule has 3 N–H and O–H groups in total. The predicted molar refractivity (Wildman–Crippen MR) is 112 cm³/mol. The summed E-state index contributed by atoms with van der Waals surface area (Å²) in [6.07, 6.45) is 1.71. The van der Waals surface area contributed by atoms with Crippen molar-refractivity contribution in [2.24, 2.45) is 0 Å². The Morgan fingerprint density at radius 2 is 1.83 bits per heavy atom. The first kappa shape index (κ1) is 18.8. The minimum atomic E-state index is -0.118. The molecule has 0 bridgehead atoms. The second kappa shape index (κ2) is 8.24. The maximum Gasteiger partial charge on any atom is 0.226 e. The average Bonchev–Trinajstić information content (AvgIpc) is 2.74. The van der Waals surface area contributed by atoms with Gasteiger partial charge in [-0.15, -0.1) is 0 Å². The molecule has 148 valence electrons. The fourth-order valence-corrected chi connectivity index (χ4v) is 3.15. The highest BCUT2D eigenvalue weighted by molar-refractivity contribution is 5.89. The molecule has 0 aliphatic carbocycles. The van der Waals surface area contributed by atoms with Gasteiger partial charge in [0.15, 0.2) is 0 Å². The van der Waals surface area contributed by atoms with E-state index in [2.05, 4.69) is 15.2 Å². The van der Waals surface area contributed by atoms with Crippen molar-refractivity contribution in [2.75, 3.05) is 42.3 Å². The van der Waals surface area contributed by atoms with Crippen LogP contribution in [0.3, 0.4) is 0 Å². The molecule has 1 aliphatic rings. The van der Waals surface area contributed by atoms with Crippen LogP contribution in [-0.4, -0.2) is 47.2 Å². The van der Waals surface area contributed by atoms with E-state index in [1.165, 1.54) is 6.92 Å². The summed E-state index contributed by atoms with van der Waals surface area (Å²) in [7, 11) is 0. The Labute approximate surface area is 168 Å². The number of nitrogens with zero attached hydrogens (tertiary/aromatic N) is 4. The lowest BCUT2D eigenvalue weighted by molar-refractivity contribution is -0.114. The number of hydrogen-bond acceptors (Lipinski definition) is 7. The quantitative estimate of drug-likeness (QED) is 0.705. The van der Waals surface area contributed by atoms with Crippen LogP contribution in [0.1, 0.15) is 6.92 Å². The monoisotopic (exact) mass is 390 g/mol. The average molecular weight is 390 g/mol. The van der Waals surface area contributed by atoms with Crippen LogP contribution in [0.4, 0.5) is 17.5 Å². The van der Waals surface area contributed by atoms with Crippen molar-refractivity contribution in [2.45, 2.75) is 6.92 Å². The van der Waals surface area contributed by atoms with E-state index >= 15 is 0 Å². The van der Waals surface area contributed by atoms with Crippen molar-refractivity contribution in [1.29, 1.82) is 0 Å². The number of nitrogens with two attached hydrogens (primary N) is 1. The molecule has 1 fully saturated rings. The number of hydrogen-bond donors (Lipinski definition) is 2. The van der Waals surface area contributed by atoms with E-state index in [4.69, 9.17) is 20.4 Å². The maximum absolute atomic E-state index is 11.4. The molecule has 0 unspecified atom stereocenters. The number of rotatable bonds is 4. The molecule has 0 saturated carbocycles. The molecule has 1 aromatic carbocycles. The molecule has 29 heavy (non-hydrogen) atoms. The Morgan fingerprint density at radius 1 is 1.07 bits per heavy atom. The Balaban J connectivity index is 1.79. The van der Waals surface area contributed by atoms with Gasteiger partial charge in [0, 0.05) is 43.0 Å². The number of pyridine rings is 1. The minimum Gasteiger partial charge on any atom is -0.384 e. The van der Waals surface area contributed by atoms with Gasteiger partial charge in [-0.05, 0) is 30.3 Å². The maximum atomic E-state index is 11.4. The summed E-state index contributed by atoms with van der Waals surface area (Å²) < 4.78 is 5.46. The third-order valence-corrected chi connectivity index (χ3v) is 4.57. The second-order valence-corrected chi connectivity index (χ2v) is 6.77. The number of carbonyl (C=O) groups is 1. The zero-order valence-electron chi connectivity index (χ0n) is 16.1. The van der Waals surface area contributed by atoms with Gasteiger partial charge in [-0.3, -0.25) is 4.79 Å². The molecule has 2 aromatic heterocycles. The molecule has 0 atom stereocenters. The zero-order valence-corrected chi connectivity index (χ0v) is 16.1. The number of ether oxygens (including phenoxy) is 1. The number of morpholine rings is 1. The van der Waals surface area contributed by atoms with Crippen molar-refractivity contribution in [3.8, 4) is 22.5 Å². The van der Waals surface area contributed by atoms with Crippen LogP contribution in [-0.2, 0) is 9.53 Å². The predicted octanol–water partition coefficient (Wildman–Crippen LogP) is 2.58. The van der Waals surface area contributed by atoms with Gasteiger partial charge >= 0.3 is 0 Å². The standard InChI is InChI=1S/C21H22N6O2/c1-14(28)24-17-4-2-3-15(11-17)18-12-19(16-5-6-20(22)23-13-16)26-21(25-18)27-7-9-29-10-8-27/h2-6,11-13H,7-10H2,1H3,(H2,22,23)(H,24,28). The molecule has 8 heteroatoms. The van der Waals surface area contributed by atoms with E-state index in [1.807, 2.05) is 36.4 Å². The Hall–Kier alpha value is -3.52. The highest BCUT2D eigenvalue weighted by Crippen LogP contribution is 2.28. The molecule has 3 heterocycles. The van der Waals surface area contributed by atoms with Gasteiger partial charge in [-0.2, -0.15) is 0 Å². The fourth-order valence-electron chi connectivity index (χ4n) is 3.15. The molecule has 1 amide bonds. The molecule has 1 saturated heterocycles. The Kier molecular flexibility index (Phi) is 5.35. The van der Waals surface area contributed by atoms with Gasteiger partial charge in [0.05, 0.1) is 24.6 Å². The zero-order chi connectivity index (χ0) is 20.2. The molecule has 0 radical (unpaired) electrons. The number of carbonyl (C=O) groups excluding carboxylic acids is 1. The lowest BCUT2D eigenvalue weighted by atomic mass is 10.1. The van der Waals surface area contributed by atoms with Crippen molar-refractivity contribution in [3.63, 3.8) is 0 Å². The minimum absolute atomic E-state index is 0.118. The molecule has 3 aromatic rings. The number of benzene rings is 1. The lowest BCUT2D eigenvalue weighted by Crippen LogP contribution is -2.37. The van der Waals surface area contributed by atoms with E-state index in [0.717, 1.165) is 41.3 Å². The van der Waals surface area contributed by atoms with Crippen LogP contribution in [0.2, 0.25) is 0 Å². The van der Waals surface area contributed by atoms with Gasteiger partial charge in [0.25, 0.3) is 0 Å². The highest BCUT2D eigenvalue weighted by atomic mass is 16.5. The summed E-state index contributed by atoms with van der Waals surface area (Å²) >= 11 is 0. The SMILES string of the molecule is CC(=O)Nc1cccc(-c2cc(-c3ccc(N)nc3)nc(N3CCOCC3)n2)c1. The third kappa shape index (κ3) is 4.49. The van der Waals surface area contributed by atoms with E-state index in [-0.39, 0.29) is 5.91 Å². The van der Waals surface area contributed by atoms with Crippen molar-refractivity contribution < 1.29 is 9.53 Å². The summed E-state index contributed by atoms with van der Waals surface area (Å²) in [6.45, 7) is 4.23. The molecule has 1 aliphatic heterocycles. The van der Waals surface area contributed by atoms with Gasteiger partial charge < -0.3 is 20.7 Å². The summed E-state index contributed by atoms with van der Waals surface area (Å²) in [6, 6.07) is 13.2. The molecular weight excluding hydrogens is 368 g/mol. The van der Waals surface area contributed by atoms with E-state index in [1.54, 1.807) is 12.3 Å². The first-order valence-corrected chi connectivity index (χ1v) is 9.40. The Bertz CT molecular complexity index is 1020. The van der Waals surface area contributed by atoms with Gasteiger partial charge in [-0.1, -0.05) is 12.1 Å². The normalized spacial score (nSPS) is 13.9. The lowest BCUT2D eigenvalue weighted by Gasteiger charge is -2.27. The number of aromatic nitrogens is 3. The first-order chi connectivity index (χ1) is 14.1. The number of amides is 1. The summed E-state index contributed by atoms with van der Waals surface area (Å²) in [5.41, 5.74) is 9.71. The van der Waals surface area contributed by atoms with E-state index in [9.17, 15) is 4.79 Å². The third-order valence-electron chi connectivity index (χ3n) is 4.57. The van der Waals surface area contributed by atoms with Gasteiger partial charge in [-0.25, -0.2) is 15.0 Å². The largest absolute Gasteiger partial charge is 0.384 e. The van der Waals surface area contributed by atoms with E-state index in [0.29, 0.717) is 25.0 Å². The molecule has 0 spiro atoms. The number of anilines is 3. The van der Waals surface area contributed by atoms with Crippen LogP contribution in [0, 0.1) is 0 Å². The summed E-state index contributed by atoms with van der Waals surface area (Å²) in [4.78, 5) is 27.3. The van der Waals surface area contributed by atoms with Crippen LogP contribution >= 0.6 is 0 Å². The molecular formula is C21H22N6O2. The number of nitrogen functional groups attached to an aromatic ring is 1. The summed E-state index contributed by atoms with van der Waals surface area (Å²) in [5.74, 6) is 0.981. The molecule has 8 nitrogen and oxygen atoms in total. The van der Waals surface area contributed by atoms with Crippen LogP contribution < -0.4 is 16.0 Å². The van der Waals surface area contributed by atoms with Gasteiger partial charge in [0.2, 0.25) is 11.9 Å². The van der Waals surface area contributed by atoms with Crippen LogP contribution in [0.15, 0.2) is 48.7 Å². The number of nitrogens with one attached hydrogen (secondary N) is 1.